The largest absolute Gasteiger partial charge is 0.508 e. The maximum Gasteiger partial charge on any atom is 0.120 e. The van der Waals surface area contributed by atoms with E-state index in [-0.39, 0.29) is 7.43 Å². The van der Waals surface area contributed by atoms with E-state index in [2.05, 4.69) is 22.3 Å². The number of phenols is 1. The van der Waals surface area contributed by atoms with E-state index < -0.39 is 0 Å². The molecule has 0 amide bonds. The zero-order valence-electron chi connectivity index (χ0n) is 13.6. The van der Waals surface area contributed by atoms with Gasteiger partial charge >= 0.3 is 0 Å². The summed E-state index contributed by atoms with van der Waals surface area (Å²) in [6, 6.07) is 13.9. The molecule has 3 nitrogen and oxygen atoms in total. The predicted molar refractivity (Wildman–Crippen MR) is 99.0 cm³/mol. The van der Waals surface area contributed by atoms with E-state index in [0.29, 0.717) is 12.3 Å². The van der Waals surface area contributed by atoms with E-state index in [4.69, 9.17) is 0 Å². The van der Waals surface area contributed by atoms with Crippen LogP contribution in [0.1, 0.15) is 32.4 Å². The van der Waals surface area contributed by atoms with Crippen molar-refractivity contribution in [3.8, 4) is 5.75 Å². The molecule has 0 saturated carbocycles. The summed E-state index contributed by atoms with van der Waals surface area (Å²) in [4.78, 5) is 2.07. The zero-order valence-corrected chi connectivity index (χ0v) is 13.6. The van der Waals surface area contributed by atoms with Crippen molar-refractivity contribution in [3.63, 3.8) is 0 Å². The van der Waals surface area contributed by atoms with Gasteiger partial charge in [-0.25, -0.2) is 0 Å². The van der Waals surface area contributed by atoms with Crippen molar-refractivity contribution in [3.05, 3.63) is 53.6 Å². The Kier molecular flexibility index (Phi) is 8.76. The van der Waals surface area contributed by atoms with Crippen LogP contribution in [-0.2, 0) is 6.54 Å². The highest BCUT2D eigenvalue weighted by Gasteiger charge is 2.01. The van der Waals surface area contributed by atoms with Crippen LogP contribution in [0.3, 0.4) is 0 Å². The SMILES string of the molecule is C.CC.Cc1ccc(O)c(CNc2ccc(N(C)C)cc2)c1. The lowest BCUT2D eigenvalue weighted by molar-refractivity contribution is 0.469. The van der Waals surface area contributed by atoms with Gasteiger partial charge in [-0.1, -0.05) is 39.0 Å². The summed E-state index contributed by atoms with van der Waals surface area (Å²) in [5, 5.41) is 13.1. The quantitative estimate of drug-likeness (QED) is 0.830. The first-order chi connectivity index (χ1) is 10.1. The maximum atomic E-state index is 9.78. The number of anilines is 2. The fourth-order valence-corrected chi connectivity index (χ4v) is 1.93. The molecule has 3 heteroatoms. The molecule has 0 saturated heterocycles. The molecule has 0 aliphatic carbocycles. The van der Waals surface area contributed by atoms with Gasteiger partial charge in [-0.2, -0.15) is 0 Å². The number of nitrogens with one attached hydrogen (secondary N) is 1. The number of aromatic hydroxyl groups is 1. The summed E-state index contributed by atoms with van der Waals surface area (Å²) in [5.74, 6) is 0.336. The Morgan fingerprint density at radius 1 is 1.00 bits per heavy atom. The first-order valence-corrected chi connectivity index (χ1v) is 7.36. The van der Waals surface area contributed by atoms with Crippen LogP contribution < -0.4 is 10.2 Å². The molecule has 0 aromatic heterocycles. The van der Waals surface area contributed by atoms with Crippen LogP contribution in [0.25, 0.3) is 0 Å². The number of nitrogens with zero attached hydrogens (tertiary/aromatic N) is 1. The van der Waals surface area contributed by atoms with E-state index in [1.165, 1.54) is 5.69 Å². The van der Waals surface area contributed by atoms with Gasteiger partial charge in [0.25, 0.3) is 0 Å². The van der Waals surface area contributed by atoms with Crippen LogP contribution in [0, 0.1) is 6.92 Å². The fraction of sp³-hybridized carbons (Fsp3) is 0.368. The number of phenolic OH excluding ortho intramolecular Hbond substituents is 1. The first kappa shape index (κ1) is 19.8. The Labute approximate surface area is 135 Å². The summed E-state index contributed by atoms with van der Waals surface area (Å²) >= 11 is 0. The van der Waals surface area contributed by atoms with Crippen molar-refractivity contribution in [2.24, 2.45) is 0 Å². The summed E-state index contributed by atoms with van der Waals surface area (Å²) < 4.78 is 0. The molecule has 0 heterocycles. The normalized spacial score (nSPS) is 9.14. The molecule has 2 aromatic carbocycles. The molecular weight excluding hydrogens is 272 g/mol. The Bertz CT molecular complexity index is 548. The van der Waals surface area contributed by atoms with Gasteiger partial charge in [-0.3, -0.25) is 0 Å². The van der Waals surface area contributed by atoms with Crippen molar-refractivity contribution in [2.45, 2.75) is 34.7 Å². The molecule has 0 fully saturated rings. The zero-order chi connectivity index (χ0) is 15.8. The van der Waals surface area contributed by atoms with Gasteiger partial charge in [0, 0.05) is 37.6 Å². The number of hydrogen-bond donors (Lipinski definition) is 2. The van der Waals surface area contributed by atoms with Gasteiger partial charge in [-0.15, -0.1) is 0 Å². The number of rotatable bonds is 4. The Balaban J connectivity index is 0.00000141. The van der Waals surface area contributed by atoms with Crippen molar-refractivity contribution in [2.75, 3.05) is 24.3 Å². The molecule has 0 aliphatic rings. The predicted octanol–water partition coefficient (Wildman–Crippen LogP) is 5.04. The highest BCUT2D eigenvalue weighted by Crippen LogP contribution is 2.21. The number of hydrogen-bond acceptors (Lipinski definition) is 3. The van der Waals surface area contributed by atoms with Crippen LogP contribution in [0.5, 0.6) is 5.75 Å². The Hall–Kier alpha value is -2.16. The summed E-state index contributed by atoms with van der Waals surface area (Å²) in [6.45, 7) is 6.64. The van der Waals surface area contributed by atoms with E-state index in [1.807, 2.05) is 59.1 Å². The summed E-state index contributed by atoms with van der Waals surface area (Å²) in [5.41, 5.74) is 4.28. The van der Waals surface area contributed by atoms with Gasteiger partial charge in [0.1, 0.15) is 5.75 Å². The highest BCUT2D eigenvalue weighted by atomic mass is 16.3. The van der Waals surface area contributed by atoms with Crippen molar-refractivity contribution in [1.29, 1.82) is 0 Å². The molecular formula is C19H30N2O. The average molecular weight is 302 g/mol. The molecule has 2 rings (SSSR count). The van der Waals surface area contributed by atoms with Gasteiger partial charge in [-0.05, 0) is 37.3 Å². The third-order valence-corrected chi connectivity index (χ3v) is 3.10. The first-order valence-electron chi connectivity index (χ1n) is 7.36. The molecule has 0 bridgehead atoms. The second-order valence-electron chi connectivity index (χ2n) is 4.93. The molecule has 2 aromatic rings. The molecule has 0 spiro atoms. The van der Waals surface area contributed by atoms with Crippen LogP contribution in [0.2, 0.25) is 0 Å². The highest BCUT2D eigenvalue weighted by molar-refractivity contribution is 5.54. The molecule has 22 heavy (non-hydrogen) atoms. The minimum absolute atomic E-state index is 0. The van der Waals surface area contributed by atoms with Crippen molar-refractivity contribution < 1.29 is 5.11 Å². The molecule has 122 valence electrons. The van der Waals surface area contributed by atoms with Crippen LogP contribution >= 0.6 is 0 Å². The molecule has 0 aliphatic heterocycles. The van der Waals surface area contributed by atoms with Crippen molar-refractivity contribution in [1.82, 2.24) is 0 Å². The summed E-state index contributed by atoms with van der Waals surface area (Å²) in [7, 11) is 4.04. The maximum absolute atomic E-state index is 9.78. The Morgan fingerprint density at radius 3 is 2.14 bits per heavy atom. The van der Waals surface area contributed by atoms with E-state index in [9.17, 15) is 5.11 Å². The minimum Gasteiger partial charge on any atom is -0.508 e. The third-order valence-electron chi connectivity index (χ3n) is 3.10. The second kappa shape index (κ2) is 9.72. The summed E-state index contributed by atoms with van der Waals surface area (Å²) in [6.07, 6.45) is 0. The topological polar surface area (TPSA) is 35.5 Å². The molecule has 2 N–H and O–H groups in total. The van der Waals surface area contributed by atoms with E-state index in [1.54, 1.807) is 6.07 Å². The molecule has 0 unspecified atom stereocenters. The van der Waals surface area contributed by atoms with Gasteiger partial charge < -0.3 is 15.3 Å². The average Bonchev–Trinajstić information content (AvgIpc) is 2.50. The van der Waals surface area contributed by atoms with Gasteiger partial charge in [0.05, 0.1) is 0 Å². The molecule has 0 radical (unpaired) electrons. The smallest absolute Gasteiger partial charge is 0.120 e. The minimum atomic E-state index is 0. The second-order valence-corrected chi connectivity index (χ2v) is 4.93. The van der Waals surface area contributed by atoms with Gasteiger partial charge in [0.15, 0.2) is 0 Å². The number of aryl methyl sites for hydroxylation is 1. The molecule has 0 atom stereocenters. The standard InChI is InChI=1S/C16H20N2O.C2H6.CH4/c1-12-4-9-16(19)13(10-12)11-17-14-5-7-15(8-6-14)18(2)3;1-2;/h4-10,17,19H,11H2,1-3H3;1-2H3;1H4. The monoisotopic (exact) mass is 302 g/mol. The van der Waals surface area contributed by atoms with Crippen LogP contribution in [0.4, 0.5) is 11.4 Å². The fourth-order valence-electron chi connectivity index (χ4n) is 1.93. The van der Waals surface area contributed by atoms with Gasteiger partial charge in [0.2, 0.25) is 0 Å². The van der Waals surface area contributed by atoms with Crippen molar-refractivity contribution >= 4 is 11.4 Å². The lowest BCUT2D eigenvalue weighted by atomic mass is 10.1. The van der Waals surface area contributed by atoms with E-state index >= 15 is 0 Å². The third kappa shape index (κ3) is 5.68. The lowest BCUT2D eigenvalue weighted by Crippen LogP contribution is -2.08. The van der Waals surface area contributed by atoms with E-state index in [0.717, 1.165) is 16.8 Å². The lowest BCUT2D eigenvalue weighted by Gasteiger charge is -2.14. The Morgan fingerprint density at radius 2 is 1.59 bits per heavy atom. The van der Waals surface area contributed by atoms with Crippen LogP contribution in [-0.4, -0.2) is 19.2 Å². The van der Waals surface area contributed by atoms with Crippen LogP contribution in [0.15, 0.2) is 42.5 Å². The number of benzene rings is 2.